The van der Waals surface area contributed by atoms with Gasteiger partial charge in [-0.1, -0.05) is 6.92 Å². The molecule has 3 rings (SSSR count). The highest BCUT2D eigenvalue weighted by atomic mass is 16.2. The van der Waals surface area contributed by atoms with Crippen molar-refractivity contribution in [3.05, 3.63) is 24.0 Å². The smallest absolute Gasteiger partial charge is 0.223 e. The van der Waals surface area contributed by atoms with Crippen LogP contribution in [-0.4, -0.2) is 35.4 Å². The molecule has 0 aromatic carbocycles. The first-order valence-corrected chi connectivity index (χ1v) is 8.39. The van der Waals surface area contributed by atoms with Gasteiger partial charge in [0.2, 0.25) is 5.91 Å². The molecule has 3 atom stereocenters. The van der Waals surface area contributed by atoms with Crippen LogP contribution in [0.2, 0.25) is 0 Å². The fourth-order valence-electron chi connectivity index (χ4n) is 3.86. The lowest BCUT2D eigenvalue weighted by Crippen LogP contribution is -2.37. The van der Waals surface area contributed by atoms with Gasteiger partial charge in [-0.05, 0) is 62.7 Å². The second-order valence-corrected chi connectivity index (χ2v) is 6.66. The third-order valence-electron chi connectivity index (χ3n) is 5.19. The Morgan fingerprint density at radius 3 is 3.05 bits per heavy atom. The van der Waals surface area contributed by atoms with Crippen molar-refractivity contribution in [2.24, 2.45) is 11.8 Å². The minimum Gasteiger partial charge on any atom is -0.363 e. The molecule has 0 radical (unpaired) electrons. The number of amides is 1. The van der Waals surface area contributed by atoms with Gasteiger partial charge in [0.05, 0.1) is 6.04 Å². The first-order chi connectivity index (χ1) is 10.3. The predicted molar refractivity (Wildman–Crippen MR) is 83.9 cm³/mol. The zero-order valence-corrected chi connectivity index (χ0v) is 13.0. The highest BCUT2D eigenvalue weighted by molar-refractivity contribution is 5.77. The number of aromatic amines is 1. The Bertz CT molecular complexity index is 451. The van der Waals surface area contributed by atoms with E-state index in [4.69, 9.17) is 0 Å². The van der Waals surface area contributed by atoms with E-state index in [0.717, 1.165) is 32.5 Å². The summed E-state index contributed by atoms with van der Waals surface area (Å²) in [5, 5.41) is 3.46. The highest BCUT2D eigenvalue weighted by Crippen LogP contribution is 2.33. The molecular formula is C17H27N3O. The van der Waals surface area contributed by atoms with Crippen molar-refractivity contribution in [2.75, 3.05) is 19.6 Å². The fraction of sp³-hybridized carbons (Fsp3) is 0.706. The Labute approximate surface area is 127 Å². The van der Waals surface area contributed by atoms with Crippen molar-refractivity contribution in [1.82, 2.24) is 15.2 Å². The van der Waals surface area contributed by atoms with Crippen molar-refractivity contribution in [2.45, 2.75) is 45.1 Å². The van der Waals surface area contributed by atoms with E-state index in [1.54, 1.807) is 0 Å². The molecule has 2 aliphatic heterocycles. The van der Waals surface area contributed by atoms with E-state index in [0.29, 0.717) is 24.2 Å². The predicted octanol–water partition coefficient (Wildman–Crippen LogP) is 2.70. The van der Waals surface area contributed by atoms with Crippen LogP contribution in [0.15, 0.2) is 18.3 Å². The number of likely N-dealkylation sites (tertiary alicyclic amines) is 1. The van der Waals surface area contributed by atoms with Gasteiger partial charge in [-0.3, -0.25) is 4.79 Å². The van der Waals surface area contributed by atoms with Crippen LogP contribution in [0.1, 0.15) is 50.8 Å². The highest BCUT2D eigenvalue weighted by Gasteiger charge is 2.32. The Morgan fingerprint density at radius 2 is 2.33 bits per heavy atom. The molecule has 3 heterocycles. The van der Waals surface area contributed by atoms with Crippen molar-refractivity contribution in [3.8, 4) is 0 Å². The van der Waals surface area contributed by atoms with Crippen molar-refractivity contribution < 1.29 is 4.79 Å². The van der Waals surface area contributed by atoms with E-state index < -0.39 is 0 Å². The monoisotopic (exact) mass is 289 g/mol. The molecule has 2 N–H and O–H groups in total. The molecule has 2 saturated heterocycles. The van der Waals surface area contributed by atoms with Gasteiger partial charge >= 0.3 is 0 Å². The van der Waals surface area contributed by atoms with Crippen LogP contribution in [0, 0.1) is 11.8 Å². The normalized spacial score (nSPS) is 27.8. The first-order valence-electron chi connectivity index (χ1n) is 8.39. The van der Waals surface area contributed by atoms with E-state index in [9.17, 15) is 4.79 Å². The van der Waals surface area contributed by atoms with E-state index >= 15 is 0 Å². The summed E-state index contributed by atoms with van der Waals surface area (Å²) in [4.78, 5) is 18.1. The number of carbonyl (C=O) groups is 1. The van der Waals surface area contributed by atoms with Gasteiger partial charge in [0, 0.05) is 24.9 Å². The summed E-state index contributed by atoms with van der Waals surface area (Å²) in [6.07, 6.45) is 7.37. The molecule has 1 amide bonds. The summed E-state index contributed by atoms with van der Waals surface area (Å²) in [6, 6.07) is 4.39. The molecule has 21 heavy (non-hydrogen) atoms. The minimum absolute atomic E-state index is 0.268. The molecule has 2 aliphatic rings. The zero-order chi connectivity index (χ0) is 14.7. The first kappa shape index (κ1) is 14.6. The Hall–Kier alpha value is -1.29. The molecule has 0 aliphatic carbocycles. The molecule has 0 bridgehead atoms. The Balaban J connectivity index is 1.59. The summed E-state index contributed by atoms with van der Waals surface area (Å²) >= 11 is 0. The second kappa shape index (κ2) is 6.65. The van der Waals surface area contributed by atoms with Gasteiger partial charge in [-0.15, -0.1) is 0 Å². The minimum atomic E-state index is 0.268. The number of hydrogen-bond acceptors (Lipinski definition) is 2. The van der Waals surface area contributed by atoms with Crippen molar-refractivity contribution in [3.63, 3.8) is 0 Å². The van der Waals surface area contributed by atoms with Crippen LogP contribution in [0.4, 0.5) is 0 Å². The summed E-state index contributed by atoms with van der Waals surface area (Å²) in [5.74, 6) is 1.48. The Kier molecular flexibility index (Phi) is 4.63. The number of aromatic nitrogens is 1. The lowest BCUT2D eigenvalue weighted by molar-refractivity contribution is -0.133. The van der Waals surface area contributed by atoms with Crippen LogP contribution in [0.3, 0.4) is 0 Å². The van der Waals surface area contributed by atoms with E-state index in [1.165, 1.54) is 18.5 Å². The maximum absolute atomic E-state index is 12.7. The molecule has 4 heteroatoms. The summed E-state index contributed by atoms with van der Waals surface area (Å²) in [6.45, 7) is 5.38. The van der Waals surface area contributed by atoms with Gasteiger partial charge in [-0.2, -0.15) is 0 Å². The molecule has 0 spiro atoms. The third-order valence-corrected chi connectivity index (χ3v) is 5.19. The fourth-order valence-corrected chi connectivity index (χ4v) is 3.86. The molecule has 116 valence electrons. The lowest BCUT2D eigenvalue weighted by atomic mass is 9.85. The van der Waals surface area contributed by atoms with E-state index in [2.05, 4.69) is 28.2 Å². The molecule has 2 fully saturated rings. The van der Waals surface area contributed by atoms with Crippen LogP contribution < -0.4 is 5.32 Å². The standard InChI is InChI=1S/C17H27N3O/c1-13(14-5-2-8-18-12-14)11-17(21)20-10-4-7-16(20)15-6-3-9-19-15/h3,6,9,13-14,16,18-19H,2,4-5,7-8,10-12H2,1H3. The molecule has 0 saturated carbocycles. The maximum atomic E-state index is 12.7. The zero-order valence-electron chi connectivity index (χ0n) is 13.0. The average molecular weight is 289 g/mol. The third kappa shape index (κ3) is 3.31. The summed E-state index contributed by atoms with van der Waals surface area (Å²) in [7, 11) is 0. The largest absolute Gasteiger partial charge is 0.363 e. The Morgan fingerprint density at radius 1 is 1.43 bits per heavy atom. The molecule has 3 unspecified atom stereocenters. The number of nitrogens with one attached hydrogen (secondary N) is 2. The number of rotatable bonds is 4. The van der Waals surface area contributed by atoms with Gasteiger partial charge in [0.25, 0.3) is 0 Å². The van der Waals surface area contributed by atoms with Gasteiger partial charge in [0.1, 0.15) is 0 Å². The average Bonchev–Trinajstić information content (AvgIpc) is 3.18. The van der Waals surface area contributed by atoms with Gasteiger partial charge < -0.3 is 15.2 Å². The molecule has 1 aromatic heterocycles. The van der Waals surface area contributed by atoms with Crippen LogP contribution in [0.5, 0.6) is 0 Å². The summed E-state index contributed by atoms with van der Waals surface area (Å²) < 4.78 is 0. The molecular weight excluding hydrogens is 262 g/mol. The van der Waals surface area contributed by atoms with E-state index in [-0.39, 0.29) is 6.04 Å². The van der Waals surface area contributed by atoms with Crippen molar-refractivity contribution >= 4 is 5.91 Å². The van der Waals surface area contributed by atoms with Crippen molar-refractivity contribution in [1.29, 1.82) is 0 Å². The maximum Gasteiger partial charge on any atom is 0.223 e. The van der Waals surface area contributed by atoms with Crippen LogP contribution in [-0.2, 0) is 4.79 Å². The molecule has 1 aromatic rings. The van der Waals surface area contributed by atoms with Gasteiger partial charge in [-0.25, -0.2) is 0 Å². The lowest BCUT2D eigenvalue weighted by Gasteiger charge is -2.30. The topological polar surface area (TPSA) is 48.1 Å². The number of piperidine rings is 1. The van der Waals surface area contributed by atoms with E-state index in [1.807, 2.05) is 12.3 Å². The SMILES string of the molecule is CC(CC(=O)N1CCCC1c1ccc[nH]1)C1CCCNC1. The number of H-pyrrole nitrogens is 1. The summed E-state index contributed by atoms with van der Waals surface area (Å²) in [5.41, 5.74) is 1.19. The second-order valence-electron chi connectivity index (χ2n) is 6.66. The number of nitrogens with zero attached hydrogens (tertiary/aromatic N) is 1. The van der Waals surface area contributed by atoms with Gasteiger partial charge in [0.15, 0.2) is 0 Å². The number of hydrogen-bond donors (Lipinski definition) is 2. The molecule has 4 nitrogen and oxygen atoms in total. The number of carbonyl (C=O) groups excluding carboxylic acids is 1. The van der Waals surface area contributed by atoms with Crippen LogP contribution in [0.25, 0.3) is 0 Å². The van der Waals surface area contributed by atoms with Crippen LogP contribution >= 0.6 is 0 Å². The quantitative estimate of drug-likeness (QED) is 0.895.